The lowest BCUT2D eigenvalue weighted by molar-refractivity contribution is -0.129. The molecule has 1 unspecified atom stereocenters. The van der Waals surface area contributed by atoms with Gasteiger partial charge in [0, 0.05) is 81.1 Å². The molecule has 290 valence electrons. The number of aromatic nitrogens is 2. The summed E-state index contributed by atoms with van der Waals surface area (Å²) in [5, 5.41) is 2.59. The summed E-state index contributed by atoms with van der Waals surface area (Å²) in [6.07, 6.45) is 10.2. The maximum atomic E-state index is 15.1. The van der Waals surface area contributed by atoms with E-state index in [1.165, 1.54) is 24.2 Å². The number of benzene rings is 2. The van der Waals surface area contributed by atoms with Gasteiger partial charge in [0.1, 0.15) is 16.9 Å². The number of carbonyl (C=O) groups is 2. The maximum absolute atomic E-state index is 15.1. The molecule has 3 saturated heterocycles. The zero-order chi connectivity index (χ0) is 38.0. The van der Waals surface area contributed by atoms with Crippen LogP contribution in [-0.2, 0) is 37.7 Å². The Hall–Kier alpha value is -4.23. The lowest BCUT2D eigenvalue weighted by Gasteiger charge is -2.51. The molecule has 0 bridgehead atoms. The largest absolute Gasteiger partial charge is 0.453 e. The Balaban J connectivity index is 1.02. The smallest absolute Gasteiger partial charge is 0.407 e. The van der Waals surface area contributed by atoms with E-state index in [2.05, 4.69) is 44.2 Å². The standard InChI is InChI=1S/C41H53FN6O5S/c1-4-38-43-18-21-46(38)28-41(31-8-6-9-32(42)22-31,36-10-7-11-37(36)44-40(50)53-3)30-16-19-45(20-17-30)23-29-24-47(25-29)33-12-14-34(15-13-33)54(51,52)35-26-48(27-35)39(49)5-2/h5-6,8-9,12-15,18,21-22,29-30,35-37H,2,4,7,10-11,16-17,19-20,23-28H2,1,3H3,(H,44,50)/t36-,37-,41?/m0/s1. The normalized spacial score (nSPS) is 22.6. The van der Waals surface area contributed by atoms with Crippen molar-refractivity contribution < 1.29 is 27.1 Å². The fourth-order valence-corrected chi connectivity index (χ4v) is 11.4. The number of rotatable bonds is 13. The number of carbonyl (C=O) groups excluding carboxylic acids is 2. The van der Waals surface area contributed by atoms with Crippen molar-refractivity contribution in [3.63, 3.8) is 0 Å². The molecule has 3 aliphatic heterocycles. The van der Waals surface area contributed by atoms with E-state index in [0.717, 1.165) is 88.3 Å². The SMILES string of the molecule is C=CC(=O)N1CC(S(=O)(=O)c2ccc(N3CC(CN4CCC(C(Cn5ccnc5CC)(c5cccc(F)c5)[C@H]5CCC[C@@H]5NC(=O)OC)CC4)C3)cc2)C1. The van der Waals surface area contributed by atoms with Crippen LogP contribution in [0.3, 0.4) is 0 Å². The zero-order valence-electron chi connectivity index (χ0n) is 31.4. The first-order valence-electron chi connectivity index (χ1n) is 19.4. The summed E-state index contributed by atoms with van der Waals surface area (Å²) in [5.41, 5.74) is 1.57. The van der Waals surface area contributed by atoms with Crippen LogP contribution in [0.1, 0.15) is 50.4 Å². The molecule has 2 aromatic carbocycles. The summed E-state index contributed by atoms with van der Waals surface area (Å²) in [4.78, 5) is 35.7. The van der Waals surface area contributed by atoms with Gasteiger partial charge in [-0.1, -0.05) is 32.1 Å². The van der Waals surface area contributed by atoms with Gasteiger partial charge < -0.3 is 29.3 Å². The second-order valence-electron chi connectivity index (χ2n) is 15.6. The monoisotopic (exact) mass is 760 g/mol. The predicted molar refractivity (Wildman–Crippen MR) is 205 cm³/mol. The van der Waals surface area contributed by atoms with Gasteiger partial charge in [0.05, 0.1) is 12.0 Å². The predicted octanol–water partition coefficient (Wildman–Crippen LogP) is 5.07. The third kappa shape index (κ3) is 7.41. The minimum absolute atomic E-state index is 0.0842. The first-order valence-corrected chi connectivity index (χ1v) is 20.9. The number of aryl methyl sites for hydroxylation is 1. The Morgan fingerprint density at radius 3 is 2.46 bits per heavy atom. The number of hydrogen-bond acceptors (Lipinski definition) is 8. The molecule has 7 rings (SSSR count). The van der Waals surface area contributed by atoms with E-state index in [1.807, 2.05) is 30.6 Å². The Morgan fingerprint density at radius 1 is 1.06 bits per heavy atom. The minimum atomic E-state index is -3.51. The van der Waals surface area contributed by atoms with Crippen molar-refractivity contribution in [1.82, 2.24) is 24.7 Å². The summed E-state index contributed by atoms with van der Waals surface area (Å²) in [5.74, 6) is 1.36. The molecule has 1 saturated carbocycles. The number of hydrogen-bond donors (Lipinski definition) is 1. The van der Waals surface area contributed by atoms with Gasteiger partial charge in [-0.15, -0.1) is 0 Å². The van der Waals surface area contributed by atoms with Crippen molar-refractivity contribution in [2.45, 2.75) is 73.6 Å². The maximum Gasteiger partial charge on any atom is 0.407 e. The van der Waals surface area contributed by atoms with E-state index < -0.39 is 26.6 Å². The lowest BCUT2D eigenvalue weighted by atomic mass is 9.58. The quantitative estimate of drug-likeness (QED) is 0.241. The molecule has 1 N–H and O–H groups in total. The highest BCUT2D eigenvalue weighted by Gasteiger charge is 2.52. The van der Waals surface area contributed by atoms with Crippen molar-refractivity contribution in [2.75, 3.05) is 57.8 Å². The van der Waals surface area contributed by atoms with Crippen LogP contribution in [-0.4, -0.2) is 104 Å². The molecule has 4 fully saturated rings. The van der Waals surface area contributed by atoms with Gasteiger partial charge in [0.25, 0.3) is 0 Å². The second kappa shape index (κ2) is 15.9. The number of sulfone groups is 1. The Bertz CT molecular complexity index is 1920. The molecule has 3 atom stereocenters. The molecule has 3 aromatic rings. The topological polar surface area (TPSA) is 117 Å². The molecule has 0 radical (unpaired) electrons. The molecule has 54 heavy (non-hydrogen) atoms. The highest BCUT2D eigenvalue weighted by molar-refractivity contribution is 7.92. The summed E-state index contributed by atoms with van der Waals surface area (Å²) in [6.45, 7) is 11.3. The van der Waals surface area contributed by atoms with Crippen LogP contribution in [0.5, 0.6) is 0 Å². The van der Waals surface area contributed by atoms with Gasteiger partial charge in [-0.2, -0.15) is 0 Å². The van der Waals surface area contributed by atoms with E-state index in [4.69, 9.17) is 4.74 Å². The van der Waals surface area contributed by atoms with Crippen molar-refractivity contribution in [3.8, 4) is 0 Å². The molecule has 1 aliphatic carbocycles. The average Bonchev–Trinajstić information content (AvgIpc) is 3.80. The highest BCUT2D eigenvalue weighted by Crippen LogP contribution is 2.52. The van der Waals surface area contributed by atoms with Crippen LogP contribution in [0.4, 0.5) is 14.9 Å². The van der Waals surface area contributed by atoms with Crippen molar-refractivity contribution in [3.05, 3.63) is 90.8 Å². The molecular formula is C41H53FN6O5S. The molecular weight excluding hydrogens is 708 g/mol. The van der Waals surface area contributed by atoms with Crippen LogP contribution in [0.25, 0.3) is 0 Å². The number of amides is 2. The zero-order valence-corrected chi connectivity index (χ0v) is 32.2. The third-order valence-electron chi connectivity index (χ3n) is 12.7. The molecule has 11 nitrogen and oxygen atoms in total. The van der Waals surface area contributed by atoms with Crippen LogP contribution in [0.15, 0.2) is 78.5 Å². The first-order chi connectivity index (χ1) is 26.0. The summed E-state index contributed by atoms with van der Waals surface area (Å²) in [6, 6.07) is 14.2. The van der Waals surface area contributed by atoms with E-state index in [0.29, 0.717) is 17.4 Å². The van der Waals surface area contributed by atoms with Gasteiger partial charge in [0.15, 0.2) is 9.84 Å². The molecule has 1 aromatic heterocycles. The number of methoxy groups -OCH3 is 1. The highest BCUT2D eigenvalue weighted by atomic mass is 32.2. The van der Waals surface area contributed by atoms with Crippen LogP contribution >= 0.6 is 0 Å². The van der Waals surface area contributed by atoms with Gasteiger partial charge in [0.2, 0.25) is 5.91 Å². The Labute approximate surface area is 318 Å². The number of imidazole rings is 1. The summed E-state index contributed by atoms with van der Waals surface area (Å²) >= 11 is 0. The van der Waals surface area contributed by atoms with Gasteiger partial charge in [-0.05, 0) is 98.6 Å². The van der Waals surface area contributed by atoms with E-state index >= 15 is 4.39 Å². The molecule has 13 heteroatoms. The van der Waals surface area contributed by atoms with Gasteiger partial charge in [-0.3, -0.25) is 4.79 Å². The number of halogens is 1. The molecule has 0 spiro atoms. The van der Waals surface area contributed by atoms with Gasteiger partial charge >= 0.3 is 6.09 Å². The fraction of sp³-hybridized carbons (Fsp3) is 0.537. The van der Waals surface area contributed by atoms with Crippen molar-refractivity contribution in [1.29, 1.82) is 0 Å². The number of nitrogens with one attached hydrogen (secondary N) is 1. The third-order valence-corrected chi connectivity index (χ3v) is 14.8. The number of likely N-dealkylation sites (tertiary alicyclic amines) is 2. The fourth-order valence-electron chi connectivity index (χ4n) is 9.78. The number of ether oxygens (including phenoxy) is 1. The van der Waals surface area contributed by atoms with Crippen molar-refractivity contribution >= 4 is 27.5 Å². The average molecular weight is 761 g/mol. The molecule has 2 amide bonds. The number of alkyl carbamates (subject to hydrolysis) is 1. The number of anilines is 1. The van der Waals surface area contributed by atoms with Crippen LogP contribution in [0.2, 0.25) is 0 Å². The minimum Gasteiger partial charge on any atom is -0.453 e. The first kappa shape index (κ1) is 38.1. The number of piperidine rings is 1. The van der Waals surface area contributed by atoms with E-state index in [9.17, 15) is 18.0 Å². The Morgan fingerprint density at radius 2 is 1.80 bits per heavy atom. The van der Waals surface area contributed by atoms with E-state index in [1.54, 1.807) is 18.2 Å². The van der Waals surface area contributed by atoms with E-state index in [-0.39, 0.29) is 42.7 Å². The lowest BCUT2D eigenvalue weighted by Crippen LogP contribution is -2.56. The number of nitrogens with zero attached hydrogens (tertiary/aromatic N) is 5. The summed E-state index contributed by atoms with van der Waals surface area (Å²) in [7, 11) is -2.11. The Kier molecular flexibility index (Phi) is 11.2. The second-order valence-corrected chi connectivity index (χ2v) is 17.8. The van der Waals surface area contributed by atoms with Crippen LogP contribution in [0, 0.1) is 23.6 Å². The van der Waals surface area contributed by atoms with Crippen LogP contribution < -0.4 is 10.2 Å². The molecule has 4 heterocycles. The summed E-state index contributed by atoms with van der Waals surface area (Å²) < 4.78 is 48.7. The van der Waals surface area contributed by atoms with Crippen molar-refractivity contribution in [2.24, 2.45) is 17.8 Å². The molecule has 4 aliphatic rings. The van der Waals surface area contributed by atoms with Gasteiger partial charge in [-0.25, -0.2) is 22.6 Å².